The number of amides is 1. The van der Waals surface area contributed by atoms with Gasteiger partial charge >= 0.3 is 0 Å². The summed E-state index contributed by atoms with van der Waals surface area (Å²) in [6.45, 7) is 4.69. The smallest absolute Gasteiger partial charge is 0.236 e. The Kier molecular flexibility index (Phi) is 4.36. The molecule has 0 aromatic rings. The summed E-state index contributed by atoms with van der Waals surface area (Å²) < 4.78 is 0. The van der Waals surface area contributed by atoms with E-state index < -0.39 is 0 Å². The van der Waals surface area contributed by atoms with E-state index >= 15 is 0 Å². The lowest BCUT2D eigenvalue weighted by molar-refractivity contribution is -0.126. The Labute approximate surface area is 103 Å². The highest BCUT2D eigenvalue weighted by Crippen LogP contribution is 2.28. The van der Waals surface area contributed by atoms with E-state index in [1.54, 1.807) is 0 Å². The van der Waals surface area contributed by atoms with Crippen molar-refractivity contribution in [3.8, 4) is 0 Å². The normalized spacial score (nSPS) is 32.4. The molecule has 3 N–H and O–H groups in total. The second-order valence-electron chi connectivity index (χ2n) is 5.35. The SMILES string of the molecule is CN1CCN([C@H]2CC[C@@H](C(=O)NN)CC2)CC1. The van der Waals surface area contributed by atoms with E-state index in [9.17, 15) is 4.79 Å². The molecule has 1 heterocycles. The van der Waals surface area contributed by atoms with Crippen molar-refractivity contribution in [2.75, 3.05) is 33.2 Å². The minimum Gasteiger partial charge on any atom is -0.304 e. The largest absolute Gasteiger partial charge is 0.304 e. The number of rotatable bonds is 2. The van der Waals surface area contributed by atoms with Gasteiger partial charge in [0.15, 0.2) is 0 Å². The van der Waals surface area contributed by atoms with Gasteiger partial charge in [0.1, 0.15) is 0 Å². The molecule has 1 amide bonds. The summed E-state index contributed by atoms with van der Waals surface area (Å²) in [7, 11) is 2.18. The van der Waals surface area contributed by atoms with Crippen molar-refractivity contribution in [2.45, 2.75) is 31.7 Å². The molecule has 2 fully saturated rings. The van der Waals surface area contributed by atoms with Crippen molar-refractivity contribution in [1.29, 1.82) is 0 Å². The van der Waals surface area contributed by atoms with Crippen molar-refractivity contribution < 1.29 is 4.79 Å². The first-order chi connectivity index (χ1) is 8.20. The molecule has 0 atom stereocenters. The fourth-order valence-corrected chi connectivity index (χ4v) is 3.01. The zero-order valence-electron chi connectivity index (χ0n) is 10.7. The zero-order chi connectivity index (χ0) is 12.3. The second-order valence-corrected chi connectivity index (χ2v) is 5.35. The Morgan fingerprint density at radius 2 is 1.71 bits per heavy atom. The van der Waals surface area contributed by atoms with Crippen LogP contribution in [0.25, 0.3) is 0 Å². The molecule has 17 heavy (non-hydrogen) atoms. The number of hydrogen-bond acceptors (Lipinski definition) is 4. The lowest BCUT2D eigenvalue weighted by Crippen LogP contribution is -2.50. The minimum absolute atomic E-state index is 0.0156. The maximum Gasteiger partial charge on any atom is 0.236 e. The molecule has 1 saturated heterocycles. The quantitative estimate of drug-likeness (QED) is 0.398. The molecule has 0 bridgehead atoms. The van der Waals surface area contributed by atoms with Crippen LogP contribution in [-0.2, 0) is 4.79 Å². The summed E-state index contributed by atoms with van der Waals surface area (Å²) >= 11 is 0. The first kappa shape index (κ1) is 12.8. The fourth-order valence-electron chi connectivity index (χ4n) is 3.01. The monoisotopic (exact) mass is 240 g/mol. The molecule has 2 aliphatic rings. The van der Waals surface area contributed by atoms with Crippen LogP contribution in [0, 0.1) is 5.92 Å². The van der Waals surface area contributed by atoms with E-state index in [0.29, 0.717) is 6.04 Å². The summed E-state index contributed by atoms with van der Waals surface area (Å²) in [6, 6.07) is 0.686. The molecule has 0 radical (unpaired) electrons. The van der Waals surface area contributed by atoms with Crippen LogP contribution in [0.4, 0.5) is 0 Å². The summed E-state index contributed by atoms with van der Waals surface area (Å²) in [5.74, 6) is 5.34. The average molecular weight is 240 g/mol. The highest BCUT2D eigenvalue weighted by Gasteiger charge is 2.30. The number of hydrazine groups is 1. The number of nitrogens with two attached hydrogens (primary N) is 1. The molecular formula is C12H24N4O. The number of nitrogens with zero attached hydrogens (tertiary/aromatic N) is 2. The van der Waals surface area contributed by atoms with Crippen LogP contribution in [0.15, 0.2) is 0 Å². The van der Waals surface area contributed by atoms with Gasteiger partial charge in [-0.15, -0.1) is 0 Å². The molecular weight excluding hydrogens is 216 g/mol. The van der Waals surface area contributed by atoms with E-state index in [0.717, 1.165) is 25.7 Å². The van der Waals surface area contributed by atoms with Crippen LogP contribution in [0.3, 0.4) is 0 Å². The number of likely N-dealkylation sites (N-methyl/N-ethyl adjacent to an activating group) is 1. The van der Waals surface area contributed by atoms with Gasteiger partial charge < -0.3 is 4.90 Å². The molecule has 2 rings (SSSR count). The van der Waals surface area contributed by atoms with E-state index in [-0.39, 0.29) is 11.8 Å². The maximum atomic E-state index is 11.4. The number of carbonyl (C=O) groups excluding carboxylic acids is 1. The van der Waals surface area contributed by atoms with E-state index in [1.165, 1.54) is 26.2 Å². The highest BCUT2D eigenvalue weighted by atomic mass is 16.2. The van der Waals surface area contributed by atoms with Crippen molar-refractivity contribution in [2.24, 2.45) is 11.8 Å². The number of hydrogen-bond donors (Lipinski definition) is 2. The Bertz CT molecular complexity index is 255. The first-order valence-corrected chi connectivity index (χ1v) is 6.63. The van der Waals surface area contributed by atoms with Crippen LogP contribution in [0.1, 0.15) is 25.7 Å². The molecule has 0 aromatic carbocycles. The lowest BCUT2D eigenvalue weighted by Gasteiger charge is -2.40. The predicted octanol–water partition coefficient (Wildman–Crippen LogP) is -0.217. The van der Waals surface area contributed by atoms with Gasteiger partial charge in [-0.2, -0.15) is 0 Å². The number of carbonyl (C=O) groups is 1. The van der Waals surface area contributed by atoms with Gasteiger partial charge in [0.25, 0.3) is 0 Å². The molecule has 5 nitrogen and oxygen atoms in total. The van der Waals surface area contributed by atoms with Crippen molar-refractivity contribution in [3.63, 3.8) is 0 Å². The Morgan fingerprint density at radius 1 is 1.12 bits per heavy atom. The van der Waals surface area contributed by atoms with Crippen molar-refractivity contribution in [3.05, 3.63) is 0 Å². The maximum absolute atomic E-state index is 11.4. The summed E-state index contributed by atoms with van der Waals surface area (Å²) in [5.41, 5.74) is 2.28. The van der Waals surface area contributed by atoms with Gasteiger partial charge in [-0.3, -0.25) is 15.1 Å². The third-order valence-electron chi connectivity index (χ3n) is 4.26. The van der Waals surface area contributed by atoms with Gasteiger partial charge in [0.05, 0.1) is 0 Å². The van der Waals surface area contributed by atoms with Crippen molar-refractivity contribution in [1.82, 2.24) is 15.2 Å². The summed E-state index contributed by atoms with van der Waals surface area (Å²) in [4.78, 5) is 16.4. The molecule has 98 valence electrons. The molecule has 5 heteroatoms. The molecule has 0 unspecified atom stereocenters. The third-order valence-corrected chi connectivity index (χ3v) is 4.26. The number of piperazine rings is 1. The molecule has 1 saturated carbocycles. The van der Waals surface area contributed by atoms with Gasteiger partial charge in [0, 0.05) is 38.1 Å². The summed E-state index contributed by atoms with van der Waals surface area (Å²) in [5, 5.41) is 0. The summed E-state index contributed by atoms with van der Waals surface area (Å²) in [6.07, 6.45) is 4.25. The van der Waals surface area contributed by atoms with Gasteiger partial charge in [-0.25, -0.2) is 5.84 Å². The van der Waals surface area contributed by atoms with Crippen LogP contribution in [0.5, 0.6) is 0 Å². The Balaban J connectivity index is 1.77. The standard InChI is InChI=1S/C12H24N4O/c1-15-6-8-16(9-7-15)11-4-2-10(3-5-11)12(17)14-13/h10-11H,2-9,13H2,1H3,(H,14,17)/t10-,11+. The van der Waals surface area contributed by atoms with Gasteiger partial charge in [-0.05, 0) is 32.7 Å². The Morgan fingerprint density at radius 3 is 2.24 bits per heavy atom. The van der Waals surface area contributed by atoms with Crippen LogP contribution in [-0.4, -0.2) is 55.0 Å². The first-order valence-electron chi connectivity index (χ1n) is 6.63. The van der Waals surface area contributed by atoms with Crippen LogP contribution >= 0.6 is 0 Å². The number of nitrogens with one attached hydrogen (secondary N) is 1. The fraction of sp³-hybridized carbons (Fsp3) is 0.917. The minimum atomic E-state index is 0.0156. The topological polar surface area (TPSA) is 61.6 Å². The Hall–Kier alpha value is -0.650. The average Bonchev–Trinajstić information content (AvgIpc) is 2.39. The molecule has 1 aliphatic heterocycles. The van der Waals surface area contributed by atoms with Crippen LogP contribution < -0.4 is 11.3 Å². The zero-order valence-corrected chi connectivity index (χ0v) is 10.7. The van der Waals surface area contributed by atoms with Gasteiger partial charge in [0.2, 0.25) is 5.91 Å². The van der Waals surface area contributed by atoms with E-state index in [2.05, 4.69) is 22.3 Å². The molecule has 1 aliphatic carbocycles. The molecule has 0 spiro atoms. The van der Waals surface area contributed by atoms with Gasteiger partial charge in [-0.1, -0.05) is 0 Å². The van der Waals surface area contributed by atoms with E-state index in [4.69, 9.17) is 5.84 Å². The predicted molar refractivity (Wildman–Crippen MR) is 67.1 cm³/mol. The third kappa shape index (κ3) is 3.18. The second kappa shape index (κ2) is 5.80. The molecule has 0 aromatic heterocycles. The van der Waals surface area contributed by atoms with Crippen LogP contribution in [0.2, 0.25) is 0 Å². The highest BCUT2D eigenvalue weighted by molar-refractivity contribution is 5.78. The lowest BCUT2D eigenvalue weighted by atomic mass is 9.84. The van der Waals surface area contributed by atoms with E-state index in [1.807, 2.05) is 0 Å². The van der Waals surface area contributed by atoms with Crippen molar-refractivity contribution >= 4 is 5.91 Å².